The fourth-order valence-corrected chi connectivity index (χ4v) is 2.93. The van der Waals surface area contributed by atoms with Crippen molar-refractivity contribution in [3.8, 4) is 0 Å². The highest BCUT2D eigenvalue weighted by Gasteiger charge is 2.37. The van der Waals surface area contributed by atoms with E-state index in [-0.39, 0.29) is 17.2 Å². The van der Waals surface area contributed by atoms with Crippen LogP contribution >= 0.6 is 0 Å². The van der Waals surface area contributed by atoms with E-state index in [0.29, 0.717) is 39.1 Å². The van der Waals surface area contributed by atoms with Crippen LogP contribution in [0.4, 0.5) is 0 Å². The van der Waals surface area contributed by atoms with Crippen LogP contribution in [0.1, 0.15) is 38.5 Å². The first-order valence-corrected chi connectivity index (χ1v) is 7.63. The highest BCUT2D eigenvalue weighted by atomic mass is 16.5. The molecule has 0 aromatic carbocycles. The summed E-state index contributed by atoms with van der Waals surface area (Å²) in [6, 6.07) is 0. The lowest BCUT2D eigenvalue weighted by atomic mass is 9.79. The molecule has 0 atom stereocenters. The van der Waals surface area contributed by atoms with E-state index in [9.17, 15) is 9.59 Å². The van der Waals surface area contributed by atoms with E-state index in [0.717, 1.165) is 25.7 Å². The maximum absolute atomic E-state index is 12.0. The number of amides is 2. The van der Waals surface area contributed by atoms with Gasteiger partial charge in [0.15, 0.2) is 0 Å². The molecule has 6 heteroatoms. The zero-order valence-corrected chi connectivity index (χ0v) is 13.2. The van der Waals surface area contributed by atoms with Crippen LogP contribution < -0.4 is 10.6 Å². The monoisotopic (exact) mass is 300 g/mol. The number of hydrogen-bond donors (Lipinski definition) is 2. The largest absolute Gasteiger partial charge is 0.383 e. The standard InChI is InChI=1S/C15H28N2O4/c1-20-9-7-16-13(18)11-15(5-3-4-6-15)12-14(19)17-8-10-21-2/h3-12H2,1-2H3,(H,16,18)(H,17,19). The predicted molar refractivity (Wildman–Crippen MR) is 79.9 cm³/mol. The van der Waals surface area contributed by atoms with Gasteiger partial charge in [-0.3, -0.25) is 9.59 Å². The minimum absolute atomic E-state index is 0.0126. The zero-order valence-electron chi connectivity index (χ0n) is 13.2. The van der Waals surface area contributed by atoms with Crippen molar-refractivity contribution in [2.75, 3.05) is 40.5 Å². The maximum atomic E-state index is 12.0. The Labute approximate surface area is 126 Å². The van der Waals surface area contributed by atoms with Crippen LogP contribution in [0.2, 0.25) is 0 Å². The van der Waals surface area contributed by atoms with Crippen molar-refractivity contribution in [2.24, 2.45) is 5.41 Å². The third kappa shape index (κ3) is 6.91. The Bertz CT molecular complexity index is 302. The average Bonchev–Trinajstić information content (AvgIpc) is 2.87. The molecule has 2 N–H and O–H groups in total. The molecule has 1 fully saturated rings. The van der Waals surface area contributed by atoms with Gasteiger partial charge in [0, 0.05) is 40.2 Å². The van der Waals surface area contributed by atoms with Crippen LogP contribution in [0, 0.1) is 5.41 Å². The molecule has 1 rings (SSSR count). The second kappa shape index (κ2) is 9.73. The van der Waals surface area contributed by atoms with Crippen LogP contribution in [0.5, 0.6) is 0 Å². The Morgan fingerprint density at radius 1 is 0.905 bits per heavy atom. The van der Waals surface area contributed by atoms with Crippen LogP contribution in [-0.2, 0) is 19.1 Å². The Morgan fingerprint density at radius 2 is 1.33 bits per heavy atom. The minimum Gasteiger partial charge on any atom is -0.383 e. The summed E-state index contributed by atoms with van der Waals surface area (Å²) in [7, 11) is 3.21. The fourth-order valence-electron chi connectivity index (χ4n) is 2.93. The van der Waals surface area contributed by atoms with E-state index in [4.69, 9.17) is 9.47 Å². The molecular weight excluding hydrogens is 272 g/mol. The second-order valence-electron chi connectivity index (χ2n) is 5.75. The third-order valence-electron chi connectivity index (χ3n) is 3.99. The van der Waals surface area contributed by atoms with E-state index in [2.05, 4.69) is 10.6 Å². The van der Waals surface area contributed by atoms with Gasteiger partial charge < -0.3 is 20.1 Å². The lowest BCUT2D eigenvalue weighted by Gasteiger charge is -2.27. The number of carbonyl (C=O) groups excluding carboxylic acids is 2. The molecule has 0 spiro atoms. The first kappa shape index (κ1) is 17.9. The van der Waals surface area contributed by atoms with Gasteiger partial charge in [-0.05, 0) is 18.3 Å². The summed E-state index contributed by atoms with van der Waals surface area (Å²) in [5.74, 6) is 0.0253. The number of methoxy groups -OCH3 is 2. The lowest BCUT2D eigenvalue weighted by molar-refractivity contribution is -0.126. The third-order valence-corrected chi connectivity index (χ3v) is 3.99. The summed E-state index contributed by atoms with van der Waals surface area (Å²) in [6.07, 6.45) is 4.93. The van der Waals surface area contributed by atoms with Gasteiger partial charge in [0.25, 0.3) is 0 Å². The van der Waals surface area contributed by atoms with Crippen LogP contribution in [0.3, 0.4) is 0 Å². The normalized spacial score (nSPS) is 16.7. The van der Waals surface area contributed by atoms with Gasteiger partial charge in [-0.2, -0.15) is 0 Å². The molecule has 0 unspecified atom stereocenters. The number of nitrogens with one attached hydrogen (secondary N) is 2. The van der Waals surface area contributed by atoms with Crippen molar-refractivity contribution < 1.29 is 19.1 Å². The quantitative estimate of drug-likeness (QED) is 0.587. The summed E-state index contributed by atoms with van der Waals surface area (Å²) in [5, 5.41) is 5.69. The fraction of sp³-hybridized carbons (Fsp3) is 0.867. The number of hydrogen-bond acceptors (Lipinski definition) is 4. The molecule has 0 aromatic rings. The molecule has 0 aliphatic heterocycles. The summed E-state index contributed by atoms with van der Waals surface area (Å²) < 4.78 is 9.83. The number of ether oxygens (including phenoxy) is 2. The molecule has 0 bridgehead atoms. The molecule has 6 nitrogen and oxygen atoms in total. The molecule has 2 amide bonds. The first-order valence-electron chi connectivity index (χ1n) is 7.63. The maximum Gasteiger partial charge on any atom is 0.220 e. The topological polar surface area (TPSA) is 76.7 Å². The second-order valence-corrected chi connectivity index (χ2v) is 5.75. The molecule has 1 saturated carbocycles. The Kier molecular flexibility index (Phi) is 8.30. The van der Waals surface area contributed by atoms with Crippen LogP contribution in [0.25, 0.3) is 0 Å². The van der Waals surface area contributed by atoms with Crippen LogP contribution in [-0.4, -0.2) is 52.3 Å². The molecular formula is C15H28N2O4. The molecule has 0 saturated heterocycles. The van der Waals surface area contributed by atoms with E-state index in [1.807, 2.05) is 0 Å². The highest BCUT2D eigenvalue weighted by molar-refractivity contribution is 5.80. The van der Waals surface area contributed by atoms with E-state index in [1.165, 1.54) is 0 Å². The van der Waals surface area contributed by atoms with E-state index in [1.54, 1.807) is 14.2 Å². The molecule has 1 aliphatic carbocycles. The van der Waals surface area contributed by atoms with Gasteiger partial charge in [0.05, 0.1) is 13.2 Å². The van der Waals surface area contributed by atoms with Gasteiger partial charge in [-0.1, -0.05) is 12.8 Å². The van der Waals surface area contributed by atoms with Crippen molar-refractivity contribution in [3.05, 3.63) is 0 Å². The van der Waals surface area contributed by atoms with Gasteiger partial charge in [-0.15, -0.1) is 0 Å². The SMILES string of the molecule is COCCNC(=O)CC1(CC(=O)NCCOC)CCCC1. The summed E-state index contributed by atoms with van der Waals surface area (Å²) in [6.45, 7) is 2.06. The minimum atomic E-state index is -0.172. The van der Waals surface area contributed by atoms with E-state index >= 15 is 0 Å². The predicted octanol–water partition coefficient (Wildman–Crippen LogP) is 0.852. The van der Waals surface area contributed by atoms with Gasteiger partial charge >= 0.3 is 0 Å². The zero-order chi connectivity index (χ0) is 15.6. The summed E-state index contributed by atoms with van der Waals surface area (Å²) in [4.78, 5) is 24.0. The smallest absolute Gasteiger partial charge is 0.220 e. The number of rotatable bonds is 10. The van der Waals surface area contributed by atoms with Crippen molar-refractivity contribution in [1.29, 1.82) is 0 Å². The molecule has 0 radical (unpaired) electrons. The number of carbonyl (C=O) groups is 2. The molecule has 122 valence electrons. The van der Waals surface area contributed by atoms with Crippen LogP contribution in [0.15, 0.2) is 0 Å². The molecule has 21 heavy (non-hydrogen) atoms. The summed E-state index contributed by atoms with van der Waals surface area (Å²) >= 11 is 0. The van der Waals surface area contributed by atoms with Crippen molar-refractivity contribution in [1.82, 2.24) is 10.6 Å². The molecule has 1 aliphatic rings. The Balaban J connectivity index is 2.42. The van der Waals surface area contributed by atoms with E-state index < -0.39 is 0 Å². The highest BCUT2D eigenvalue weighted by Crippen LogP contribution is 2.43. The van der Waals surface area contributed by atoms with Crippen molar-refractivity contribution in [2.45, 2.75) is 38.5 Å². The first-order chi connectivity index (χ1) is 10.1. The van der Waals surface area contributed by atoms with Gasteiger partial charge in [-0.25, -0.2) is 0 Å². The van der Waals surface area contributed by atoms with Crippen molar-refractivity contribution in [3.63, 3.8) is 0 Å². The lowest BCUT2D eigenvalue weighted by Crippen LogP contribution is -2.36. The van der Waals surface area contributed by atoms with Gasteiger partial charge in [0.2, 0.25) is 11.8 Å². The Hall–Kier alpha value is -1.14. The Morgan fingerprint density at radius 3 is 1.71 bits per heavy atom. The molecule has 0 aromatic heterocycles. The van der Waals surface area contributed by atoms with Gasteiger partial charge in [0.1, 0.15) is 0 Å². The average molecular weight is 300 g/mol. The molecule has 0 heterocycles. The summed E-state index contributed by atoms with van der Waals surface area (Å²) in [5.41, 5.74) is -0.172. The van der Waals surface area contributed by atoms with Crippen molar-refractivity contribution >= 4 is 11.8 Å².